The van der Waals surface area contributed by atoms with Crippen molar-refractivity contribution in [2.45, 2.75) is 26.4 Å². The lowest BCUT2D eigenvalue weighted by Gasteiger charge is -2.31. The van der Waals surface area contributed by atoms with Crippen molar-refractivity contribution in [2.75, 3.05) is 18.1 Å². The zero-order valence-electron chi connectivity index (χ0n) is 11.8. The zero-order chi connectivity index (χ0) is 14.9. The second-order valence-electron chi connectivity index (χ2n) is 5.58. The van der Waals surface area contributed by atoms with Crippen LogP contribution in [-0.2, 0) is 4.74 Å². The van der Waals surface area contributed by atoms with Gasteiger partial charge in [-0.2, -0.15) is 0 Å². The molecule has 0 spiro atoms. The monoisotopic (exact) mass is 279 g/mol. The first-order chi connectivity index (χ1) is 9.28. The van der Waals surface area contributed by atoms with Crippen LogP contribution >= 0.6 is 0 Å². The van der Waals surface area contributed by atoms with Crippen molar-refractivity contribution in [2.24, 2.45) is 0 Å². The number of fused-ring (bicyclic) bond motifs is 1. The van der Waals surface area contributed by atoms with E-state index in [0.717, 1.165) is 0 Å². The van der Waals surface area contributed by atoms with Gasteiger partial charge in [-0.1, -0.05) is 6.07 Å². The van der Waals surface area contributed by atoms with E-state index in [1.54, 1.807) is 26.8 Å². The van der Waals surface area contributed by atoms with E-state index in [4.69, 9.17) is 19.5 Å². The second kappa shape index (κ2) is 5.34. The molecule has 1 aromatic rings. The van der Waals surface area contributed by atoms with Crippen molar-refractivity contribution >= 4 is 24.4 Å². The summed E-state index contributed by atoms with van der Waals surface area (Å²) in [4.78, 5) is 13.6. The molecule has 1 amide bonds. The molecule has 0 saturated heterocycles. The highest BCUT2D eigenvalue weighted by Gasteiger charge is 2.29. The summed E-state index contributed by atoms with van der Waals surface area (Å²) in [5, 5.41) is 18.3. The Morgan fingerprint density at radius 3 is 2.70 bits per heavy atom. The number of hydrogen-bond donors (Lipinski definition) is 2. The standard InChI is InChI=1S/C13H18BNO5/c1-13(2,3)20-12(16)15-6-7-19-11-8-9(14(17)18)4-5-10(11)15/h4-5,8,17-18H,6-7H2,1-3H3. The molecular formula is C13H18BNO5. The van der Waals surface area contributed by atoms with Gasteiger partial charge in [0.05, 0.1) is 12.2 Å². The van der Waals surface area contributed by atoms with Crippen LogP contribution in [0.5, 0.6) is 5.75 Å². The average molecular weight is 279 g/mol. The summed E-state index contributed by atoms with van der Waals surface area (Å²) in [6.45, 7) is 6.13. The van der Waals surface area contributed by atoms with Gasteiger partial charge >= 0.3 is 13.2 Å². The Bertz CT molecular complexity index is 512. The summed E-state index contributed by atoms with van der Waals surface area (Å²) < 4.78 is 10.8. The topological polar surface area (TPSA) is 79.2 Å². The maximum Gasteiger partial charge on any atom is 0.488 e. The van der Waals surface area contributed by atoms with Gasteiger partial charge in [0.2, 0.25) is 0 Å². The van der Waals surface area contributed by atoms with Crippen LogP contribution in [0.3, 0.4) is 0 Å². The van der Waals surface area contributed by atoms with Crippen molar-refractivity contribution in [3.63, 3.8) is 0 Å². The summed E-state index contributed by atoms with van der Waals surface area (Å²) in [5.74, 6) is 0.438. The Morgan fingerprint density at radius 2 is 2.10 bits per heavy atom. The van der Waals surface area contributed by atoms with E-state index >= 15 is 0 Å². The molecule has 0 saturated carbocycles. The Hall–Kier alpha value is -1.73. The SMILES string of the molecule is CC(C)(C)OC(=O)N1CCOc2cc(B(O)O)ccc21. The fourth-order valence-corrected chi connectivity index (χ4v) is 1.90. The lowest BCUT2D eigenvalue weighted by atomic mass is 9.80. The summed E-state index contributed by atoms with van der Waals surface area (Å²) in [7, 11) is -1.57. The van der Waals surface area contributed by atoms with Crippen LogP contribution in [0.25, 0.3) is 0 Å². The van der Waals surface area contributed by atoms with E-state index in [-0.39, 0.29) is 0 Å². The number of nitrogens with zero attached hydrogens (tertiary/aromatic N) is 1. The Balaban J connectivity index is 2.27. The number of carbonyl (C=O) groups excluding carboxylic acids is 1. The van der Waals surface area contributed by atoms with Crippen LogP contribution in [0, 0.1) is 0 Å². The van der Waals surface area contributed by atoms with E-state index in [0.29, 0.717) is 30.1 Å². The van der Waals surface area contributed by atoms with E-state index in [1.807, 2.05) is 0 Å². The predicted molar refractivity (Wildman–Crippen MR) is 75.3 cm³/mol. The van der Waals surface area contributed by atoms with Crippen LogP contribution in [0.1, 0.15) is 20.8 Å². The average Bonchev–Trinajstić information content (AvgIpc) is 2.35. The normalized spacial score (nSPS) is 14.3. The highest BCUT2D eigenvalue weighted by atomic mass is 16.6. The van der Waals surface area contributed by atoms with Crippen LogP contribution in [0.2, 0.25) is 0 Å². The highest BCUT2D eigenvalue weighted by Crippen LogP contribution is 2.31. The Morgan fingerprint density at radius 1 is 1.40 bits per heavy atom. The molecule has 0 aromatic heterocycles. The minimum Gasteiger partial charge on any atom is -0.490 e. The summed E-state index contributed by atoms with van der Waals surface area (Å²) in [6.07, 6.45) is -0.445. The number of amides is 1. The number of carbonyl (C=O) groups is 1. The largest absolute Gasteiger partial charge is 0.490 e. The molecule has 2 rings (SSSR count). The second-order valence-corrected chi connectivity index (χ2v) is 5.58. The van der Waals surface area contributed by atoms with Gasteiger partial charge in [-0.25, -0.2) is 4.79 Å². The minimum atomic E-state index is -1.57. The van der Waals surface area contributed by atoms with Crippen molar-refractivity contribution in [1.82, 2.24) is 0 Å². The molecule has 1 aliphatic heterocycles. The molecule has 0 atom stereocenters. The fourth-order valence-electron chi connectivity index (χ4n) is 1.90. The molecule has 0 bridgehead atoms. The first-order valence-corrected chi connectivity index (χ1v) is 6.41. The van der Waals surface area contributed by atoms with E-state index in [1.165, 1.54) is 17.0 Å². The Labute approximate surface area is 118 Å². The molecule has 1 heterocycles. The molecule has 1 aliphatic rings. The maximum absolute atomic E-state index is 12.1. The minimum absolute atomic E-state index is 0.315. The number of ether oxygens (including phenoxy) is 2. The van der Waals surface area contributed by atoms with Crippen molar-refractivity contribution in [1.29, 1.82) is 0 Å². The van der Waals surface area contributed by atoms with Crippen LogP contribution in [-0.4, -0.2) is 42.0 Å². The summed E-state index contributed by atoms with van der Waals surface area (Å²) in [6, 6.07) is 4.67. The lowest BCUT2D eigenvalue weighted by molar-refractivity contribution is 0.0568. The van der Waals surface area contributed by atoms with E-state index in [2.05, 4.69) is 0 Å². The first kappa shape index (κ1) is 14.7. The Kier molecular flexibility index (Phi) is 3.92. The van der Waals surface area contributed by atoms with Crippen LogP contribution in [0.15, 0.2) is 18.2 Å². The fraction of sp³-hybridized carbons (Fsp3) is 0.462. The molecular weight excluding hydrogens is 261 g/mol. The van der Waals surface area contributed by atoms with Gasteiger partial charge in [0.15, 0.2) is 0 Å². The third-order valence-corrected chi connectivity index (χ3v) is 2.76. The number of hydrogen-bond acceptors (Lipinski definition) is 5. The third kappa shape index (κ3) is 3.23. The van der Waals surface area contributed by atoms with Crippen molar-refractivity contribution in [3.05, 3.63) is 18.2 Å². The van der Waals surface area contributed by atoms with Gasteiger partial charge in [-0.3, -0.25) is 4.90 Å². The van der Waals surface area contributed by atoms with Gasteiger partial charge in [0.25, 0.3) is 0 Å². The van der Waals surface area contributed by atoms with Gasteiger partial charge in [0.1, 0.15) is 18.0 Å². The summed E-state index contributed by atoms with van der Waals surface area (Å²) >= 11 is 0. The summed E-state index contributed by atoms with van der Waals surface area (Å²) in [5.41, 5.74) is 0.307. The van der Waals surface area contributed by atoms with Crippen LogP contribution in [0.4, 0.5) is 10.5 Å². The molecule has 2 N–H and O–H groups in total. The van der Waals surface area contributed by atoms with Crippen molar-refractivity contribution in [3.8, 4) is 5.75 Å². The molecule has 20 heavy (non-hydrogen) atoms. The molecule has 0 fully saturated rings. The van der Waals surface area contributed by atoms with Gasteiger partial charge in [-0.05, 0) is 38.4 Å². The molecule has 0 aliphatic carbocycles. The number of anilines is 1. The quantitative estimate of drug-likeness (QED) is 0.732. The lowest BCUT2D eigenvalue weighted by Crippen LogP contribution is -2.42. The zero-order valence-corrected chi connectivity index (χ0v) is 11.8. The number of rotatable bonds is 1. The molecule has 0 radical (unpaired) electrons. The predicted octanol–water partition coefficient (Wildman–Crippen LogP) is 0.500. The highest BCUT2D eigenvalue weighted by molar-refractivity contribution is 6.58. The van der Waals surface area contributed by atoms with E-state index < -0.39 is 18.8 Å². The molecule has 1 aromatic carbocycles. The van der Waals surface area contributed by atoms with Gasteiger partial charge < -0.3 is 19.5 Å². The smallest absolute Gasteiger partial charge is 0.488 e. The maximum atomic E-state index is 12.1. The van der Waals surface area contributed by atoms with Crippen LogP contribution < -0.4 is 15.1 Å². The molecule has 0 unspecified atom stereocenters. The molecule has 7 heteroatoms. The van der Waals surface area contributed by atoms with Gasteiger partial charge in [-0.15, -0.1) is 0 Å². The first-order valence-electron chi connectivity index (χ1n) is 6.41. The number of benzene rings is 1. The van der Waals surface area contributed by atoms with Crippen molar-refractivity contribution < 1.29 is 24.3 Å². The van der Waals surface area contributed by atoms with Gasteiger partial charge in [0, 0.05) is 0 Å². The van der Waals surface area contributed by atoms with E-state index in [9.17, 15) is 4.79 Å². The molecule has 6 nitrogen and oxygen atoms in total. The third-order valence-electron chi connectivity index (χ3n) is 2.76. The molecule has 108 valence electrons.